The predicted octanol–water partition coefficient (Wildman–Crippen LogP) is 6.43. The summed E-state index contributed by atoms with van der Waals surface area (Å²) in [6.07, 6.45) is 12.5. The molecule has 6 nitrogen and oxygen atoms in total. The van der Waals surface area contributed by atoms with Gasteiger partial charge in [-0.3, -0.25) is 0 Å². The third-order valence-corrected chi connectivity index (χ3v) is 6.50. The van der Waals surface area contributed by atoms with Crippen molar-refractivity contribution in [2.45, 2.75) is 26.3 Å². The molecule has 4 aromatic heterocycles. The topological polar surface area (TPSA) is 70.5 Å². The van der Waals surface area contributed by atoms with Gasteiger partial charge in [0, 0.05) is 35.3 Å². The van der Waals surface area contributed by atoms with Gasteiger partial charge in [-0.05, 0) is 79.3 Å². The van der Waals surface area contributed by atoms with Crippen molar-refractivity contribution >= 4 is 46.4 Å². The van der Waals surface area contributed by atoms with E-state index in [-0.39, 0.29) is 0 Å². The zero-order valence-electron chi connectivity index (χ0n) is 20.9. The first-order valence-electron chi connectivity index (χ1n) is 12.9. The number of fused-ring (bicyclic) bond motifs is 8. The molecule has 0 radical (unpaired) electrons. The zero-order valence-corrected chi connectivity index (χ0v) is 20.9. The van der Waals surface area contributed by atoms with E-state index in [0.717, 1.165) is 82.1 Å². The Morgan fingerprint density at radius 3 is 2.24 bits per heavy atom. The molecule has 6 heterocycles. The first-order valence-corrected chi connectivity index (χ1v) is 12.9. The van der Waals surface area contributed by atoms with Crippen molar-refractivity contribution in [1.29, 1.82) is 0 Å². The summed E-state index contributed by atoms with van der Waals surface area (Å²) >= 11 is 0. The summed E-state index contributed by atoms with van der Waals surface area (Å²) in [6.45, 7) is 4.47. The first kappa shape index (κ1) is 23.1. The number of unbranched alkanes of at least 4 members (excludes halogenated alkanes) is 1. The fraction of sp³-hybridized carbons (Fsp3) is 0.194. The molecule has 6 heteroatoms. The van der Waals surface area contributed by atoms with E-state index in [0.29, 0.717) is 6.61 Å². The molecule has 184 valence electrons. The van der Waals surface area contributed by atoms with Gasteiger partial charge in [0.05, 0.1) is 33.9 Å². The number of pyridine rings is 1. The molecule has 0 fully saturated rings. The van der Waals surface area contributed by atoms with Gasteiger partial charge in [-0.25, -0.2) is 9.97 Å². The van der Waals surface area contributed by atoms with Crippen LogP contribution in [0.5, 0.6) is 0 Å². The Bertz CT molecular complexity index is 1660. The summed E-state index contributed by atoms with van der Waals surface area (Å²) < 4.78 is 8.12. The van der Waals surface area contributed by atoms with E-state index in [1.54, 1.807) is 0 Å². The molecule has 0 spiro atoms. The van der Waals surface area contributed by atoms with Crippen LogP contribution in [0.2, 0.25) is 0 Å². The average molecular weight is 489 g/mol. The van der Waals surface area contributed by atoms with Crippen LogP contribution in [-0.2, 0) is 11.3 Å². The molecule has 0 aromatic carbocycles. The minimum absolute atomic E-state index is 0.687. The fourth-order valence-corrected chi connectivity index (χ4v) is 4.66. The molecule has 0 atom stereocenters. The van der Waals surface area contributed by atoms with Gasteiger partial charge in [-0.1, -0.05) is 13.3 Å². The van der Waals surface area contributed by atoms with E-state index in [4.69, 9.17) is 14.7 Å². The second-order valence-corrected chi connectivity index (χ2v) is 9.33. The van der Waals surface area contributed by atoms with Crippen LogP contribution in [-0.4, -0.2) is 33.1 Å². The summed E-state index contributed by atoms with van der Waals surface area (Å²) in [5.41, 5.74) is 9.94. The van der Waals surface area contributed by atoms with E-state index in [1.165, 1.54) is 0 Å². The van der Waals surface area contributed by atoms with Crippen LogP contribution >= 0.6 is 0 Å². The molecule has 2 N–H and O–H groups in total. The normalized spacial score (nSPS) is 12.4. The van der Waals surface area contributed by atoms with Gasteiger partial charge in [0.2, 0.25) is 5.69 Å². The Kier molecular flexibility index (Phi) is 6.48. The quantitative estimate of drug-likeness (QED) is 0.201. The van der Waals surface area contributed by atoms with Crippen LogP contribution in [0.3, 0.4) is 0 Å². The second kappa shape index (κ2) is 10.4. The lowest BCUT2D eigenvalue weighted by atomic mass is 10.1. The maximum atomic E-state index is 5.86. The highest BCUT2D eigenvalue weighted by Crippen LogP contribution is 2.25. The van der Waals surface area contributed by atoms with Crippen LogP contribution in [0.15, 0.2) is 66.9 Å². The number of aromatic nitrogens is 5. The van der Waals surface area contributed by atoms with Gasteiger partial charge in [-0.15, -0.1) is 0 Å². The largest absolute Gasteiger partial charge is 0.375 e. The molecular formula is C31H30N5O+. The highest BCUT2D eigenvalue weighted by molar-refractivity contribution is 5.85. The number of nitrogens with zero attached hydrogens (tertiary/aromatic N) is 3. The van der Waals surface area contributed by atoms with E-state index in [9.17, 15) is 0 Å². The van der Waals surface area contributed by atoms with Crippen LogP contribution < -0.4 is 4.57 Å². The number of nitrogens with one attached hydrogen (secondary N) is 2. The number of hydrogen-bond donors (Lipinski definition) is 2. The number of rotatable bonds is 7. The van der Waals surface area contributed by atoms with Gasteiger partial charge < -0.3 is 14.7 Å². The number of H-pyrrole nitrogens is 2. The summed E-state index contributed by atoms with van der Waals surface area (Å²) in [5, 5.41) is 0. The zero-order chi connectivity index (χ0) is 25.0. The number of aromatic amines is 2. The Labute approximate surface area is 216 Å². The van der Waals surface area contributed by atoms with Crippen molar-refractivity contribution < 1.29 is 9.30 Å². The minimum atomic E-state index is 0.687. The van der Waals surface area contributed by atoms with Gasteiger partial charge in [0.15, 0.2) is 12.7 Å². The van der Waals surface area contributed by atoms with Gasteiger partial charge in [-0.2, -0.15) is 4.57 Å². The van der Waals surface area contributed by atoms with Crippen molar-refractivity contribution in [3.8, 4) is 11.3 Å². The van der Waals surface area contributed by atoms with Crippen molar-refractivity contribution in [1.82, 2.24) is 19.9 Å². The number of hydrogen-bond acceptors (Lipinski definition) is 3. The minimum Gasteiger partial charge on any atom is -0.375 e. The Morgan fingerprint density at radius 1 is 0.730 bits per heavy atom. The molecule has 2 aliphatic heterocycles. The molecule has 6 rings (SSSR count). The molecule has 0 saturated carbocycles. The SMILES string of the molecule is CCCCOCC[n+]1ccccc1-c1cc2cc3ccc(cc4nc(cc5nc(cc1[nH]2)C=C5)C=C4)[nH]3. The van der Waals surface area contributed by atoms with Crippen LogP contribution in [0.1, 0.15) is 42.5 Å². The summed E-state index contributed by atoms with van der Waals surface area (Å²) in [5.74, 6) is 0. The van der Waals surface area contributed by atoms with Crippen molar-refractivity contribution in [2.24, 2.45) is 0 Å². The Morgan fingerprint density at radius 2 is 1.46 bits per heavy atom. The second-order valence-electron chi connectivity index (χ2n) is 9.33. The van der Waals surface area contributed by atoms with E-state index >= 15 is 0 Å². The van der Waals surface area contributed by atoms with E-state index in [2.05, 4.69) is 82.3 Å². The first-order chi connectivity index (χ1) is 18.2. The van der Waals surface area contributed by atoms with Gasteiger partial charge in [0.25, 0.3) is 0 Å². The van der Waals surface area contributed by atoms with Gasteiger partial charge in [0.1, 0.15) is 6.61 Å². The molecular weight excluding hydrogens is 458 g/mol. The molecule has 0 amide bonds. The molecule has 0 saturated heterocycles. The highest BCUT2D eigenvalue weighted by atomic mass is 16.5. The highest BCUT2D eigenvalue weighted by Gasteiger charge is 2.16. The fourth-order valence-electron chi connectivity index (χ4n) is 4.66. The molecule has 37 heavy (non-hydrogen) atoms. The predicted molar refractivity (Wildman–Crippen MR) is 150 cm³/mol. The van der Waals surface area contributed by atoms with Crippen molar-refractivity contribution in [3.05, 3.63) is 89.6 Å². The lowest BCUT2D eigenvalue weighted by Crippen LogP contribution is -2.38. The summed E-state index contributed by atoms with van der Waals surface area (Å²) in [6, 6.07) is 21.0. The third kappa shape index (κ3) is 5.29. The molecule has 4 aromatic rings. The molecule has 0 aliphatic carbocycles. The van der Waals surface area contributed by atoms with Crippen molar-refractivity contribution in [3.63, 3.8) is 0 Å². The van der Waals surface area contributed by atoms with E-state index in [1.807, 2.05) is 30.4 Å². The lowest BCUT2D eigenvalue weighted by Gasteiger charge is -2.04. The van der Waals surface area contributed by atoms with Gasteiger partial charge >= 0.3 is 0 Å². The van der Waals surface area contributed by atoms with Crippen molar-refractivity contribution in [2.75, 3.05) is 13.2 Å². The molecule has 8 bridgehead atoms. The molecule has 0 unspecified atom stereocenters. The lowest BCUT2D eigenvalue weighted by molar-refractivity contribution is -0.687. The maximum absolute atomic E-state index is 5.86. The van der Waals surface area contributed by atoms with Crippen LogP contribution in [0, 0.1) is 0 Å². The smallest absolute Gasteiger partial charge is 0.214 e. The summed E-state index contributed by atoms with van der Waals surface area (Å²) in [7, 11) is 0. The number of ether oxygens (including phenoxy) is 1. The monoisotopic (exact) mass is 488 g/mol. The third-order valence-electron chi connectivity index (χ3n) is 6.50. The van der Waals surface area contributed by atoms with Crippen LogP contribution in [0.4, 0.5) is 0 Å². The van der Waals surface area contributed by atoms with Crippen LogP contribution in [0.25, 0.3) is 57.6 Å². The maximum Gasteiger partial charge on any atom is 0.214 e. The average Bonchev–Trinajstić information content (AvgIpc) is 3.70. The molecule has 2 aliphatic rings. The standard InChI is InChI=1S/C31H29N5O/c1-2-3-15-37-16-14-36-13-5-4-6-31(36)29-20-28-19-26-10-9-24(33-26)17-22-7-8-23(32-22)18-25-11-12-27(34-25)21-30(29)35-28/h4-13,17-21H,2-3,14-16H2,1H3,(H,32,33,34,35)/p+1. The van der Waals surface area contributed by atoms with E-state index < -0.39 is 0 Å². The Balaban J connectivity index is 1.50. The summed E-state index contributed by atoms with van der Waals surface area (Å²) in [4.78, 5) is 16.6. The Hall–Kier alpha value is -4.29.